The molecule has 0 spiro atoms. The quantitative estimate of drug-likeness (QED) is 0.319. The Morgan fingerprint density at radius 2 is 2.13 bits per heavy atom. The van der Waals surface area contributed by atoms with E-state index < -0.39 is 0 Å². The fourth-order valence-corrected chi connectivity index (χ4v) is 3.44. The van der Waals surface area contributed by atoms with Gasteiger partial charge in [0.2, 0.25) is 0 Å². The normalized spacial score (nSPS) is 11.4. The lowest BCUT2D eigenvalue weighted by Gasteiger charge is -2.05. The summed E-state index contributed by atoms with van der Waals surface area (Å²) >= 11 is 3.07. The van der Waals surface area contributed by atoms with Crippen molar-refractivity contribution >= 4 is 44.2 Å². The van der Waals surface area contributed by atoms with E-state index in [1.807, 2.05) is 49.7 Å². The molecule has 0 saturated carbocycles. The van der Waals surface area contributed by atoms with Crippen LogP contribution in [0.1, 0.15) is 5.56 Å². The third kappa shape index (κ3) is 3.36. The molecule has 0 unspecified atom stereocenters. The Kier molecular flexibility index (Phi) is 4.60. The van der Waals surface area contributed by atoms with Crippen molar-refractivity contribution in [2.24, 2.45) is 4.99 Å². The van der Waals surface area contributed by atoms with Gasteiger partial charge >= 0.3 is 0 Å². The number of benzene rings is 2. The first-order valence-corrected chi connectivity index (χ1v) is 9.00. The van der Waals surface area contributed by atoms with Gasteiger partial charge in [-0.15, -0.1) is 11.3 Å². The topological polar surface area (TPSA) is 61.1 Å². The van der Waals surface area contributed by atoms with Gasteiger partial charge in [-0.3, -0.25) is 5.32 Å². The molecule has 0 aliphatic heterocycles. The molecule has 1 heterocycles. The summed E-state index contributed by atoms with van der Waals surface area (Å²) in [6, 6.07) is 14.2. The summed E-state index contributed by atoms with van der Waals surface area (Å²) < 4.78 is 1.17. The average Bonchev–Trinajstić information content (AvgIpc) is 3.00. The number of amidine groups is 1. The van der Waals surface area contributed by atoms with Crippen LogP contribution < -0.4 is 5.32 Å². The zero-order chi connectivity index (χ0) is 16.2. The van der Waals surface area contributed by atoms with Crippen molar-refractivity contribution in [1.29, 1.82) is 5.26 Å². The molecule has 6 heteroatoms. The summed E-state index contributed by atoms with van der Waals surface area (Å²) in [5.41, 5.74) is 3.94. The predicted octanol–water partition coefficient (Wildman–Crippen LogP) is 4.69. The molecule has 3 aromatic rings. The summed E-state index contributed by atoms with van der Waals surface area (Å²) in [5, 5.41) is 12.9. The molecule has 2 aromatic carbocycles. The van der Waals surface area contributed by atoms with Crippen molar-refractivity contribution in [1.82, 2.24) is 10.3 Å². The van der Waals surface area contributed by atoms with E-state index in [9.17, 15) is 0 Å². The first-order valence-electron chi connectivity index (χ1n) is 6.95. The number of nitrogens with zero attached hydrogens (tertiary/aromatic N) is 3. The highest BCUT2D eigenvalue weighted by Gasteiger charge is 2.08. The van der Waals surface area contributed by atoms with E-state index in [1.165, 1.54) is 16.5 Å². The summed E-state index contributed by atoms with van der Waals surface area (Å²) in [7, 11) is 0. The standard InChI is InChI=1S/C17H14N4S2/c1-11-7-8-12(9-14(11)21-17(22-2)19-10-18)16-20-13-5-3-4-6-15(13)23-16/h3-9H,1-2H3,(H,19,21). The van der Waals surface area contributed by atoms with Crippen molar-refractivity contribution < 1.29 is 0 Å². The molecular weight excluding hydrogens is 324 g/mol. The lowest BCUT2D eigenvalue weighted by atomic mass is 10.1. The summed E-state index contributed by atoms with van der Waals surface area (Å²) in [6.45, 7) is 2.01. The third-order valence-electron chi connectivity index (χ3n) is 3.33. The molecule has 1 aromatic heterocycles. The van der Waals surface area contributed by atoms with E-state index in [2.05, 4.69) is 27.4 Å². The van der Waals surface area contributed by atoms with Crippen LogP contribution in [0.2, 0.25) is 0 Å². The van der Waals surface area contributed by atoms with Crippen molar-refractivity contribution in [3.05, 3.63) is 48.0 Å². The van der Waals surface area contributed by atoms with E-state index >= 15 is 0 Å². The van der Waals surface area contributed by atoms with Crippen LogP contribution >= 0.6 is 23.1 Å². The monoisotopic (exact) mass is 338 g/mol. The number of nitrogens with one attached hydrogen (secondary N) is 1. The second-order valence-corrected chi connectivity index (χ2v) is 6.67. The second kappa shape index (κ2) is 6.82. The minimum atomic E-state index is 0.581. The number of hydrogen-bond acceptors (Lipinski definition) is 5. The predicted molar refractivity (Wildman–Crippen MR) is 99.2 cm³/mol. The molecule has 0 fully saturated rings. The third-order valence-corrected chi connectivity index (χ3v) is 4.99. The Hall–Kier alpha value is -2.36. The molecule has 1 N–H and O–H groups in total. The zero-order valence-electron chi connectivity index (χ0n) is 12.7. The van der Waals surface area contributed by atoms with Crippen LogP contribution in [0.5, 0.6) is 0 Å². The molecule has 0 saturated heterocycles. The first kappa shape index (κ1) is 15.5. The van der Waals surface area contributed by atoms with Gasteiger partial charge in [-0.05, 0) is 36.9 Å². The highest BCUT2D eigenvalue weighted by Crippen LogP contribution is 2.33. The van der Waals surface area contributed by atoms with Gasteiger partial charge in [0.15, 0.2) is 11.4 Å². The van der Waals surface area contributed by atoms with Crippen LogP contribution in [-0.2, 0) is 0 Å². The number of fused-ring (bicyclic) bond motifs is 1. The van der Waals surface area contributed by atoms with Crippen LogP contribution in [0.15, 0.2) is 47.5 Å². The maximum Gasteiger partial charge on any atom is 0.183 e. The van der Waals surface area contributed by atoms with E-state index in [0.29, 0.717) is 5.17 Å². The summed E-state index contributed by atoms with van der Waals surface area (Å²) in [4.78, 5) is 9.22. The summed E-state index contributed by atoms with van der Waals surface area (Å²) in [5.74, 6) is 0. The minimum Gasteiger partial charge on any atom is -0.271 e. The maximum atomic E-state index is 8.76. The van der Waals surface area contributed by atoms with Gasteiger partial charge < -0.3 is 0 Å². The van der Waals surface area contributed by atoms with Crippen LogP contribution in [0.25, 0.3) is 20.8 Å². The van der Waals surface area contributed by atoms with Gasteiger partial charge in [0, 0.05) is 5.56 Å². The largest absolute Gasteiger partial charge is 0.271 e. The highest BCUT2D eigenvalue weighted by atomic mass is 32.2. The molecule has 0 aliphatic rings. The zero-order valence-corrected chi connectivity index (χ0v) is 14.3. The van der Waals surface area contributed by atoms with E-state index in [0.717, 1.165) is 27.3 Å². The van der Waals surface area contributed by atoms with Gasteiger partial charge in [0.25, 0.3) is 0 Å². The number of para-hydroxylation sites is 1. The first-order chi connectivity index (χ1) is 11.2. The SMILES string of the molecule is CSC(=Nc1cc(-c2nc3ccccc3s2)ccc1C)NC#N. The van der Waals surface area contributed by atoms with Crippen molar-refractivity contribution in [2.75, 3.05) is 6.26 Å². The van der Waals surface area contributed by atoms with E-state index in [4.69, 9.17) is 5.26 Å². The van der Waals surface area contributed by atoms with Crippen molar-refractivity contribution in [2.45, 2.75) is 6.92 Å². The Morgan fingerprint density at radius 3 is 2.87 bits per heavy atom. The molecule has 0 amide bonds. The number of aliphatic imine (C=N–C) groups is 1. The number of thioether (sulfide) groups is 1. The molecule has 0 radical (unpaired) electrons. The number of nitriles is 1. The van der Waals surface area contributed by atoms with Gasteiger partial charge in [0.05, 0.1) is 15.9 Å². The molecular formula is C17H14N4S2. The number of rotatable bonds is 2. The maximum absolute atomic E-state index is 8.76. The molecule has 0 bridgehead atoms. The fraction of sp³-hybridized carbons (Fsp3) is 0.118. The van der Waals surface area contributed by atoms with Crippen LogP contribution in [0, 0.1) is 18.4 Å². The van der Waals surface area contributed by atoms with Crippen molar-refractivity contribution in [3.63, 3.8) is 0 Å². The number of aryl methyl sites for hydroxylation is 1. The van der Waals surface area contributed by atoms with E-state index in [1.54, 1.807) is 11.3 Å². The van der Waals surface area contributed by atoms with Crippen LogP contribution in [0.4, 0.5) is 5.69 Å². The van der Waals surface area contributed by atoms with Crippen LogP contribution in [-0.4, -0.2) is 16.4 Å². The molecule has 3 rings (SSSR count). The molecule has 4 nitrogen and oxygen atoms in total. The number of aromatic nitrogens is 1. The smallest absolute Gasteiger partial charge is 0.183 e. The Morgan fingerprint density at radius 1 is 1.30 bits per heavy atom. The average molecular weight is 338 g/mol. The van der Waals surface area contributed by atoms with Gasteiger partial charge in [0.1, 0.15) is 5.01 Å². The number of thiazole rings is 1. The number of hydrogen-bond donors (Lipinski definition) is 1. The minimum absolute atomic E-state index is 0.581. The van der Waals surface area contributed by atoms with Crippen LogP contribution in [0.3, 0.4) is 0 Å². The van der Waals surface area contributed by atoms with E-state index in [-0.39, 0.29) is 0 Å². The Balaban J connectivity index is 2.04. The van der Waals surface area contributed by atoms with Gasteiger partial charge in [-0.2, -0.15) is 5.26 Å². The molecule has 23 heavy (non-hydrogen) atoms. The van der Waals surface area contributed by atoms with Gasteiger partial charge in [-0.1, -0.05) is 36.0 Å². The molecule has 0 atom stereocenters. The molecule has 114 valence electrons. The fourth-order valence-electron chi connectivity index (χ4n) is 2.14. The molecule has 0 aliphatic carbocycles. The second-order valence-electron chi connectivity index (χ2n) is 4.85. The Bertz CT molecular complexity index is 889. The lowest BCUT2D eigenvalue weighted by Crippen LogP contribution is -2.12. The van der Waals surface area contributed by atoms with Crippen molar-refractivity contribution in [3.8, 4) is 16.8 Å². The lowest BCUT2D eigenvalue weighted by molar-refractivity contribution is 1.27. The summed E-state index contributed by atoms with van der Waals surface area (Å²) in [6.07, 6.45) is 3.80. The highest BCUT2D eigenvalue weighted by molar-refractivity contribution is 8.13. The Labute approximate surface area is 142 Å². The van der Waals surface area contributed by atoms with Gasteiger partial charge in [-0.25, -0.2) is 9.98 Å².